The van der Waals surface area contributed by atoms with E-state index in [1.807, 2.05) is 19.9 Å². The third kappa shape index (κ3) is 6.70. The van der Waals surface area contributed by atoms with Crippen molar-refractivity contribution >= 4 is 27.4 Å². The maximum atomic E-state index is 12.1. The minimum Gasteiger partial charge on any atom is -0.370 e. The zero-order chi connectivity index (χ0) is 21.4. The van der Waals surface area contributed by atoms with Gasteiger partial charge in [-0.3, -0.25) is 4.79 Å². The van der Waals surface area contributed by atoms with E-state index >= 15 is 0 Å². The second-order valence-corrected chi connectivity index (χ2v) is 9.41. The first-order chi connectivity index (χ1) is 13.7. The summed E-state index contributed by atoms with van der Waals surface area (Å²) in [4.78, 5) is 21.0. The van der Waals surface area contributed by atoms with Crippen LogP contribution in [-0.4, -0.2) is 49.2 Å². The highest BCUT2D eigenvalue weighted by atomic mass is 32.2. The monoisotopic (exact) mass is 419 g/mol. The van der Waals surface area contributed by atoms with Crippen LogP contribution in [-0.2, 0) is 21.1 Å². The first-order valence-electron chi connectivity index (χ1n) is 9.65. The van der Waals surface area contributed by atoms with Crippen molar-refractivity contribution in [3.05, 3.63) is 41.7 Å². The highest BCUT2D eigenvalue weighted by Crippen LogP contribution is 2.16. The topological polar surface area (TPSA) is 113 Å². The van der Waals surface area contributed by atoms with Gasteiger partial charge in [0.1, 0.15) is 17.5 Å². The van der Waals surface area contributed by atoms with Crippen LogP contribution in [0.5, 0.6) is 0 Å². The van der Waals surface area contributed by atoms with E-state index in [0.29, 0.717) is 24.7 Å². The minimum absolute atomic E-state index is 0.126. The lowest BCUT2D eigenvalue weighted by Crippen LogP contribution is -2.30. The fraction of sp³-hybridized carbons (Fsp3) is 0.450. The molecule has 1 heterocycles. The van der Waals surface area contributed by atoms with E-state index in [0.717, 1.165) is 17.9 Å². The molecule has 1 aromatic carbocycles. The standard InChI is InChI=1S/C20H29N5O3S/c1-5-21-18-13-19(25-15(4)24-18)22-10-11-23-20(26)12-16-6-8-17(9-7-16)29(27,28)14(2)3/h6-9,13-14H,5,10-12H2,1-4H3,(H,23,26)(H2,21,22,24,25). The van der Waals surface area contributed by atoms with Crippen molar-refractivity contribution < 1.29 is 13.2 Å². The normalized spacial score (nSPS) is 11.3. The number of aryl methyl sites for hydroxylation is 1. The van der Waals surface area contributed by atoms with Crippen molar-refractivity contribution in [3.63, 3.8) is 0 Å². The first-order valence-corrected chi connectivity index (χ1v) is 11.2. The van der Waals surface area contributed by atoms with Crippen molar-refractivity contribution in [2.75, 3.05) is 30.3 Å². The molecule has 0 radical (unpaired) electrons. The summed E-state index contributed by atoms with van der Waals surface area (Å²) in [7, 11) is -3.30. The van der Waals surface area contributed by atoms with Crippen LogP contribution in [0.1, 0.15) is 32.2 Å². The number of aromatic nitrogens is 2. The second-order valence-electron chi connectivity index (χ2n) is 6.91. The molecule has 2 rings (SSSR count). The smallest absolute Gasteiger partial charge is 0.224 e. The number of sulfone groups is 1. The van der Waals surface area contributed by atoms with Crippen molar-refractivity contribution in [1.82, 2.24) is 15.3 Å². The maximum absolute atomic E-state index is 12.1. The van der Waals surface area contributed by atoms with E-state index in [4.69, 9.17) is 0 Å². The van der Waals surface area contributed by atoms with Gasteiger partial charge in [0.2, 0.25) is 5.91 Å². The molecule has 3 N–H and O–H groups in total. The quantitative estimate of drug-likeness (QED) is 0.506. The summed E-state index contributed by atoms with van der Waals surface area (Å²) in [6.45, 7) is 8.86. The fourth-order valence-corrected chi connectivity index (χ4v) is 3.70. The number of nitrogens with zero attached hydrogens (tertiary/aromatic N) is 2. The Morgan fingerprint density at radius 3 is 2.24 bits per heavy atom. The molecule has 0 bridgehead atoms. The van der Waals surface area contributed by atoms with Crippen LogP contribution in [0.2, 0.25) is 0 Å². The summed E-state index contributed by atoms with van der Waals surface area (Å²) in [5.74, 6) is 2.00. The molecule has 0 aliphatic carbocycles. The van der Waals surface area contributed by atoms with Gasteiger partial charge >= 0.3 is 0 Å². The molecule has 8 nitrogen and oxygen atoms in total. The lowest BCUT2D eigenvalue weighted by Gasteiger charge is -2.10. The van der Waals surface area contributed by atoms with Crippen LogP contribution in [0.4, 0.5) is 11.6 Å². The average molecular weight is 420 g/mol. The van der Waals surface area contributed by atoms with E-state index in [1.165, 1.54) is 0 Å². The number of hydrogen-bond acceptors (Lipinski definition) is 7. The van der Waals surface area contributed by atoms with E-state index < -0.39 is 15.1 Å². The van der Waals surface area contributed by atoms with Crippen LogP contribution in [0.3, 0.4) is 0 Å². The number of amides is 1. The summed E-state index contributed by atoms with van der Waals surface area (Å²) < 4.78 is 24.3. The van der Waals surface area contributed by atoms with E-state index in [9.17, 15) is 13.2 Å². The third-order valence-electron chi connectivity index (χ3n) is 4.19. The molecule has 0 atom stereocenters. The summed E-state index contributed by atoms with van der Waals surface area (Å²) >= 11 is 0. The molecule has 29 heavy (non-hydrogen) atoms. The largest absolute Gasteiger partial charge is 0.370 e. The number of rotatable bonds is 10. The second kappa shape index (κ2) is 10.2. The summed E-state index contributed by atoms with van der Waals surface area (Å²) in [5.41, 5.74) is 0.764. The predicted octanol–water partition coefficient (Wildman–Crippen LogP) is 2.17. The minimum atomic E-state index is -3.30. The van der Waals surface area contributed by atoms with Crippen LogP contribution >= 0.6 is 0 Å². The Labute approximate surface area is 172 Å². The molecule has 0 aliphatic rings. The number of anilines is 2. The molecule has 2 aromatic rings. The Hall–Kier alpha value is -2.68. The number of hydrogen-bond donors (Lipinski definition) is 3. The van der Waals surface area contributed by atoms with E-state index in [2.05, 4.69) is 25.9 Å². The SMILES string of the molecule is CCNc1cc(NCCNC(=O)Cc2ccc(S(=O)(=O)C(C)C)cc2)nc(C)n1. The summed E-state index contributed by atoms with van der Waals surface area (Å²) in [6, 6.07) is 8.29. The molecule has 9 heteroatoms. The maximum Gasteiger partial charge on any atom is 0.224 e. The molecule has 0 saturated heterocycles. The number of carbonyl (C=O) groups excluding carboxylic acids is 1. The Bertz CT molecular complexity index is 928. The van der Waals surface area contributed by atoms with Crippen molar-refractivity contribution in [1.29, 1.82) is 0 Å². The van der Waals surface area contributed by atoms with Gasteiger partial charge in [0, 0.05) is 25.7 Å². The van der Waals surface area contributed by atoms with Gasteiger partial charge in [-0.25, -0.2) is 18.4 Å². The highest BCUT2D eigenvalue weighted by molar-refractivity contribution is 7.92. The molecule has 0 saturated carbocycles. The Balaban J connectivity index is 1.80. The Morgan fingerprint density at radius 2 is 1.66 bits per heavy atom. The van der Waals surface area contributed by atoms with Crippen molar-refractivity contribution in [3.8, 4) is 0 Å². The van der Waals surface area contributed by atoms with Crippen LogP contribution in [0.25, 0.3) is 0 Å². The van der Waals surface area contributed by atoms with Crippen molar-refractivity contribution in [2.24, 2.45) is 0 Å². The molecule has 1 aromatic heterocycles. The molecule has 0 aliphatic heterocycles. The molecule has 158 valence electrons. The Kier molecular flexibility index (Phi) is 7.95. The van der Waals surface area contributed by atoms with Crippen LogP contribution < -0.4 is 16.0 Å². The van der Waals surface area contributed by atoms with Crippen LogP contribution in [0, 0.1) is 6.92 Å². The first kappa shape index (κ1) is 22.6. The van der Waals surface area contributed by atoms with Gasteiger partial charge in [0.25, 0.3) is 0 Å². The predicted molar refractivity (Wildman–Crippen MR) is 115 cm³/mol. The lowest BCUT2D eigenvalue weighted by molar-refractivity contribution is -0.120. The molecule has 1 amide bonds. The summed E-state index contributed by atoms with van der Waals surface area (Å²) in [5, 5.41) is 8.68. The zero-order valence-corrected chi connectivity index (χ0v) is 18.1. The molecular weight excluding hydrogens is 390 g/mol. The summed E-state index contributed by atoms with van der Waals surface area (Å²) in [6.07, 6.45) is 0.194. The fourth-order valence-electron chi connectivity index (χ4n) is 2.64. The highest BCUT2D eigenvalue weighted by Gasteiger charge is 2.18. The van der Waals surface area contributed by atoms with Gasteiger partial charge in [-0.15, -0.1) is 0 Å². The number of carbonyl (C=O) groups is 1. The van der Waals surface area contributed by atoms with Crippen LogP contribution in [0.15, 0.2) is 35.2 Å². The number of nitrogens with one attached hydrogen (secondary N) is 3. The zero-order valence-electron chi connectivity index (χ0n) is 17.3. The third-order valence-corrected chi connectivity index (χ3v) is 6.36. The van der Waals surface area contributed by atoms with E-state index in [1.54, 1.807) is 38.1 Å². The number of benzene rings is 1. The van der Waals surface area contributed by atoms with Crippen molar-refractivity contribution in [2.45, 2.75) is 44.3 Å². The van der Waals surface area contributed by atoms with Gasteiger partial charge in [-0.1, -0.05) is 12.1 Å². The molecule has 0 unspecified atom stereocenters. The van der Waals surface area contributed by atoms with Gasteiger partial charge in [0.05, 0.1) is 16.6 Å². The molecule has 0 spiro atoms. The average Bonchev–Trinajstić information content (AvgIpc) is 2.65. The van der Waals surface area contributed by atoms with Gasteiger partial charge in [-0.05, 0) is 45.4 Å². The lowest BCUT2D eigenvalue weighted by atomic mass is 10.1. The molecular formula is C20H29N5O3S. The van der Waals surface area contributed by atoms with Gasteiger partial charge in [-0.2, -0.15) is 0 Å². The van der Waals surface area contributed by atoms with Gasteiger partial charge in [0.15, 0.2) is 9.84 Å². The Morgan fingerprint density at radius 1 is 1.03 bits per heavy atom. The van der Waals surface area contributed by atoms with E-state index in [-0.39, 0.29) is 17.2 Å². The molecule has 0 fully saturated rings. The van der Waals surface area contributed by atoms with Gasteiger partial charge < -0.3 is 16.0 Å².